The second-order valence-electron chi connectivity index (χ2n) is 4.51. The predicted octanol–water partition coefficient (Wildman–Crippen LogP) is 5.31. The van der Waals surface area contributed by atoms with Gasteiger partial charge in [0.25, 0.3) is 0 Å². The van der Waals surface area contributed by atoms with E-state index in [0.29, 0.717) is 11.6 Å². The topological polar surface area (TPSA) is 12.0 Å². The van der Waals surface area contributed by atoms with E-state index in [1.165, 1.54) is 6.07 Å². The van der Waals surface area contributed by atoms with Gasteiger partial charge in [-0.05, 0) is 31.0 Å². The first-order valence-corrected chi connectivity index (χ1v) is 6.68. The van der Waals surface area contributed by atoms with E-state index in [2.05, 4.69) is 35.1 Å². The molecule has 0 saturated carbocycles. The first kappa shape index (κ1) is 15.3. The van der Waals surface area contributed by atoms with Gasteiger partial charge in [0, 0.05) is 16.2 Å². The Morgan fingerprint density at radius 1 is 1.28 bits per heavy atom. The van der Waals surface area contributed by atoms with E-state index in [1.54, 1.807) is 6.07 Å². The number of alkyl halides is 3. The SMILES string of the molecule is CCC(C)C(C)Nc1ccc(Br)c(C(F)(F)F)c1. The molecule has 1 aromatic rings. The molecule has 102 valence electrons. The van der Waals surface area contributed by atoms with Crippen LogP contribution in [-0.4, -0.2) is 6.04 Å². The van der Waals surface area contributed by atoms with Crippen molar-refractivity contribution < 1.29 is 13.2 Å². The zero-order valence-corrected chi connectivity index (χ0v) is 12.2. The lowest BCUT2D eigenvalue weighted by molar-refractivity contribution is -0.138. The maximum absolute atomic E-state index is 12.7. The highest BCUT2D eigenvalue weighted by atomic mass is 79.9. The Morgan fingerprint density at radius 3 is 2.39 bits per heavy atom. The number of hydrogen-bond acceptors (Lipinski definition) is 1. The van der Waals surface area contributed by atoms with Crippen molar-refractivity contribution in [3.8, 4) is 0 Å². The van der Waals surface area contributed by atoms with E-state index < -0.39 is 11.7 Å². The van der Waals surface area contributed by atoms with Gasteiger partial charge in [0.2, 0.25) is 0 Å². The molecule has 0 bridgehead atoms. The van der Waals surface area contributed by atoms with Gasteiger partial charge in [0.05, 0.1) is 5.56 Å². The van der Waals surface area contributed by atoms with Crippen molar-refractivity contribution in [3.63, 3.8) is 0 Å². The van der Waals surface area contributed by atoms with Crippen LogP contribution in [0.1, 0.15) is 32.8 Å². The van der Waals surface area contributed by atoms with Crippen molar-refractivity contribution >= 4 is 21.6 Å². The fourth-order valence-corrected chi connectivity index (χ4v) is 2.06. The lowest BCUT2D eigenvalue weighted by Crippen LogP contribution is -2.23. The lowest BCUT2D eigenvalue weighted by Gasteiger charge is -2.22. The Morgan fingerprint density at radius 2 is 1.89 bits per heavy atom. The molecule has 0 aliphatic rings. The van der Waals surface area contributed by atoms with Crippen LogP contribution >= 0.6 is 15.9 Å². The lowest BCUT2D eigenvalue weighted by atomic mass is 10.0. The quantitative estimate of drug-likeness (QED) is 0.791. The van der Waals surface area contributed by atoms with Crippen LogP contribution in [0.2, 0.25) is 0 Å². The molecule has 1 rings (SSSR count). The van der Waals surface area contributed by atoms with Crippen molar-refractivity contribution in [1.82, 2.24) is 0 Å². The number of anilines is 1. The third-order valence-corrected chi connectivity index (χ3v) is 3.86. The maximum Gasteiger partial charge on any atom is 0.417 e. The Balaban J connectivity index is 2.92. The third kappa shape index (κ3) is 3.90. The van der Waals surface area contributed by atoms with Crippen molar-refractivity contribution in [2.45, 2.75) is 39.4 Å². The standard InChI is InChI=1S/C13H17BrF3N/c1-4-8(2)9(3)18-10-5-6-12(14)11(7-10)13(15,16)17/h5-9,18H,4H2,1-3H3. The van der Waals surface area contributed by atoms with Gasteiger partial charge in [0.15, 0.2) is 0 Å². The summed E-state index contributed by atoms with van der Waals surface area (Å²) in [5, 5.41) is 3.11. The molecule has 2 atom stereocenters. The number of halogens is 4. The van der Waals surface area contributed by atoms with Gasteiger partial charge in [-0.3, -0.25) is 0 Å². The summed E-state index contributed by atoms with van der Waals surface area (Å²) in [6, 6.07) is 4.35. The monoisotopic (exact) mass is 323 g/mol. The molecule has 0 fully saturated rings. The molecule has 0 spiro atoms. The number of rotatable bonds is 4. The maximum atomic E-state index is 12.7. The Kier molecular flexibility index (Phi) is 5.08. The van der Waals surface area contributed by atoms with Crippen molar-refractivity contribution in [3.05, 3.63) is 28.2 Å². The van der Waals surface area contributed by atoms with Gasteiger partial charge in [-0.2, -0.15) is 13.2 Å². The largest absolute Gasteiger partial charge is 0.417 e. The summed E-state index contributed by atoms with van der Waals surface area (Å²) in [7, 11) is 0. The van der Waals surface area contributed by atoms with Crippen molar-refractivity contribution in [1.29, 1.82) is 0 Å². The summed E-state index contributed by atoms with van der Waals surface area (Å²) in [6.45, 7) is 6.11. The Labute approximate surface area is 114 Å². The van der Waals surface area contributed by atoms with E-state index in [-0.39, 0.29) is 10.5 Å². The van der Waals surface area contributed by atoms with Crippen LogP contribution in [0.4, 0.5) is 18.9 Å². The third-order valence-electron chi connectivity index (χ3n) is 3.16. The highest BCUT2D eigenvalue weighted by Crippen LogP contribution is 2.36. The van der Waals surface area contributed by atoms with Crippen LogP contribution in [0.5, 0.6) is 0 Å². The minimum absolute atomic E-state index is 0.0664. The summed E-state index contributed by atoms with van der Waals surface area (Å²) in [5.74, 6) is 0.406. The molecular weight excluding hydrogens is 307 g/mol. The summed E-state index contributed by atoms with van der Waals surface area (Å²) < 4.78 is 38.3. The molecule has 0 aromatic heterocycles. The van der Waals surface area contributed by atoms with Gasteiger partial charge in [-0.25, -0.2) is 0 Å². The van der Waals surface area contributed by atoms with Crippen molar-refractivity contribution in [2.75, 3.05) is 5.32 Å². The predicted molar refractivity (Wildman–Crippen MR) is 71.7 cm³/mol. The summed E-state index contributed by atoms with van der Waals surface area (Å²) in [6.07, 6.45) is -3.35. The molecule has 0 heterocycles. The summed E-state index contributed by atoms with van der Waals surface area (Å²) >= 11 is 2.93. The fourth-order valence-electron chi connectivity index (χ4n) is 1.59. The van der Waals surface area contributed by atoms with E-state index >= 15 is 0 Å². The number of nitrogens with one attached hydrogen (secondary N) is 1. The molecular formula is C13H17BrF3N. The molecule has 18 heavy (non-hydrogen) atoms. The molecule has 2 unspecified atom stereocenters. The minimum atomic E-state index is -4.34. The Hall–Kier alpha value is -0.710. The van der Waals surface area contributed by atoms with Crippen molar-refractivity contribution in [2.24, 2.45) is 5.92 Å². The van der Waals surface area contributed by atoms with E-state index in [1.807, 2.05) is 6.92 Å². The van der Waals surface area contributed by atoms with Crippen LogP contribution in [0.3, 0.4) is 0 Å². The highest BCUT2D eigenvalue weighted by molar-refractivity contribution is 9.10. The first-order valence-electron chi connectivity index (χ1n) is 5.89. The van der Waals surface area contributed by atoms with Gasteiger partial charge >= 0.3 is 6.18 Å². The normalized spacial score (nSPS) is 15.3. The molecule has 0 radical (unpaired) electrons. The summed E-state index contributed by atoms with van der Waals surface area (Å²) in [4.78, 5) is 0. The van der Waals surface area contributed by atoms with Crippen LogP contribution in [0.15, 0.2) is 22.7 Å². The molecule has 0 aliphatic heterocycles. The second kappa shape index (κ2) is 5.95. The zero-order valence-electron chi connectivity index (χ0n) is 10.6. The number of benzene rings is 1. The van der Waals surface area contributed by atoms with Crippen LogP contribution in [0, 0.1) is 5.92 Å². The molecule has 0 aliphatic carbocycles. The smallest absolute Gasteiger partial charge is 0.382 e. The minimum Gasteiger partial charge on any atom is -0.382 e. The van der Waals surface area contributed by atoms with Gasteiger partial charge in [-0.15, -0.1) is 0 Å². The molecule has 0 saturated heterocycles. The van der Waals surface area contributed by atoms with Gasteiger partial charge < -0.3 is 5.32 Å². The number of hydrogen-bond donors (Lipinski definition) is 1. The fraction of sp³-hybridized carbons (Fsp3) is 0.538. The van der Waals surface area contributed by atoms with Crippen LogP contribution in [0.25, 0.3) is 0 Å². The average molecular weight is 324 g/mol. The van der Waals surface area contributed by atoms with Crippen LogP contribution in [-0.2, 0) is 6.18 Å². The Bertz CT molecular complexity index is 404. The molecule has 1 aromatic carbocycles. The molecule has 1 nitrogen and oxygen atoms in total. The van der Waals surface area contributed by atoms with Gasteiger partial charge in [0.1, 0.15) is 0 Å². The molecule has 0 amide bonds. The zero-order chi connectivity index (χ0) is 13.9. The molecule has 1 N–H and O–H groups in total. The molecule has 5 heteroatoms. The van der Waals surface area contributed by atoms with Crippen LogP contribution < -0.4 is 5.32 Å². The second-order valence-corrected chi connectivity index (χ2v) is 5.37. The summed E-state index contributed by atoms with van der Waals surface area (Å²) in [5.41, 5.74) is -0.151. The first-order chi connectivity index (χ1) is 8.25. The average Bonchev–Trinajstić information content (AvgIpc) is 2.29. The van der Waals surface area contributed by atoms with E-state index in [4.69, 9.17) is 0 Å². The van der Waals surface area contributed by atoms with E-state index in [9.17, 15) is 13.2 Å². The highest BCUT2D eigenvalue weighted by Gasteiger charge is 2.33. The van der Waals surface area contributed by atoms with E-state index in [0.717, 1.165) is 12.5 Å². The van der Waals surface area contributed by atoms with Gasteiger partial charge in [-0.1, -0.05) is 36.2 Å².